The van der Waals surface area contributed by atoms with Crippen molar-refractivity contribution < 1.29 is 27.2 Å². The van der Waals surface area contributed by atoms with Crippen LogP contribution in [0.5, 0.6) is 0 Å². The number of piperidine rings is 1. The zero-order chi connectivity index (χ0) is 24.3. The highest BCUT2D eigenvalue weighted by Gasteiger charge is 2.37. The lowest BCUT2D eigenvalue weighted by Crippen LogP contribution is -2.56. The molecule has 1 atom stereocenters. The minimum absolute atomic E-state index is 0.0457. The van der Waals surface area contributed by atoms with Gasteiger partial charge < -0.3 is 14.0 Å². The fraction of sp³-hybridized carbons (Fsp3) is 0.826. The van der Waals surface area contributed by atoms with Gasteiger partial charge in [0.25, 0.3) is 0 Å². The first-order valence-corrected chi connectivity index (χ1v) is 13.7. The molecule has 3 rings (SSSR count). The van der Waals surface area contributed by atoms with Crippen molar-refractivity contribution in [3.05, 3.63) is 17.5 Å². The zero-order valence-electron chi connectivity index (χ0n) is 20.6. The third-order valence-corrected chi connectivity index (χ3v) is 7.47. The SMILES string of the molecule is CC(C)(COC1CCCCO1)c1cc(CC(=O)C(C)(C)N2CCC(NS(C)(=O)=O)CC2)on1. The average Bonchev–Trinajstić information content (AvgIpc) is 3.22. The van der Waals surface area contributed by atoms with E-state index in [9.17, 15) is 13.2 Å². The molecular weight excluding hydrogens is 446 g/mol. The molecule has 10 heteroatoms. The van der Waals surface area contributed by atoms with E-state index in [1.165, 1.54) is 6.26 Å². The Morgan fingerprint density at radius 2 is 1.91 bits per heavy atom. The molecule has 0 spiro atoms. The number of carbonyl (C=O) groups excluding carboxylic acids is 1. The summed E-state index contributed by atoms with van der Waals surface area (Å²) in [6.45, 7) is 10.4. The number of likely N-dealkylation sites (tertiary alicyclic amines) is 1. The number of aromatic nitrogens is 1. The van der Waals surface area contributed by atoms with Crippen LogP contribution in [-0.4, -0.2) is 74.7 Å². The van der Waals surface area contributed by atoms with Crippen molar-refractivity contribution in [1.82, 2.24) is 14.8 Å². The first-order chi connectivity index (χ1) is 15.4. The summed E-state index contributed by atoms with van der Waals surface area (Å²) < 4.78 is 42.7. The van der Waals surface area contributed by atoms with Gasteiger partial charge in [-0.25, -0.2) is 13.1 Å². The Balaban J connectivity index is 1.53. The number of nitrogens with zero attached hydrogens (tertiary/aromatic N) is 2. The van der Waals surface area contributed by atoms with E-state index in [0.717, 1.165) is 31.6 Å². The number of Topliss-reactive ketones (excluding diaryl/α,β-unsaturated/α-hetero) is 1. The molecule has 0 aromatic carbocycles. The highest BCUT2D eigenvalue weighted by molar-refractivity contribution is 7.88. The molecular formula is C23H39N3O6S. The summed E-state index contributed by atoms with van der Waals surface area (Å²) >= 11 is 0. The second-order valence-corrected chi connectivity index (χ2v) is 12.3. The van der Waals surface area contributed by atoms with Crippen LogP contribution in [-0.2, 0) is 36.1 Å². The molecule has 2 saturated heterocycles. The van der Waals surface area contributed by atoms with Gasteiger partial charge in [-0.2, -0.15) is 0 Å². The van der Waals surface area contributed by atoms with Crippen LogP contribution in [0.25, 0.3) is 0 Å². The maximum atomic E-state index is 13.2. The van der Waals surface area contributed by atoms with Gasteiger partial charge in [0.2, 0.25) is 10.0 Å². The highest BCUT2D eigenvalue weighted by Crippen LogP contribution is 2.27. The van der Waals surface area contributed by atoms with Crippen LogP contribution >= 0.6 is 0 Å². The van der Waals surface area contributed by atoms with Gasteiger partial charge in [-0.05, 0) is 46.0 Å². The molecule has 1 aromatic rings. The normalized spacial score (nSPS) is 21.9. The van der Waals surface area contributed by atoms with Gasteiger partial charge in [0.1, 0.15) is 5.76 Å². The van der Waals surface area contributed by atoms with Crippen LogP contribution in [0.4, 0.5) is 0 Å². The second kappa shape index (κ2) is 10.5. The Hall–Kier alpha value is -1.33. The fourth-order valence-corrected chi connectivity index (χ4v) is 5.18. The van der Waals surface area contributed by atoms with Crippen molar-refractivity contribution in [3.63, 3.8) is 0 Å². The summed E-state index contributed by atoms with van der Waals surface area (Å²) in [6.07, 6.45) is 5.62. The number of sulfonamides is 1. The van der Waals surface area contributed by atoms with E-state index in [2.05, 4.69) is 14.8 Å². The molecule has 1 aromatic heterocycles. The molecule has 0 radical (unpaired) electrons. The molecule has 2 aliphatic rings. The van der Waals surface area contributed by atoms with E-state index in [1.807, 2.05) is 33.8 Å². The van der Waals surface area contributed by atoms with Crippen LogP contribution in [0.3, 0.4) is 0 Å². The molecule has 3 heterocycles. The van der Waals surface area contributed by atoms with Gasteiger partial charge in [-0.3, -0.25) is 9.69 Å². The number of ketones is 1. The molecule has 0 bridgehead atoms. The molecule has 1 unspecified atom stereocenters. The van der Waals surface area contributed by atoms with Crippen LogP contribution in [0, 0.1) is 0 Å². The Morgan fingerprint density at radius 3 is 2.52 bits per heavy atom. The van der Waals surface area contributed by atoms with Gasteiger partial charge in [-0.15, -0.1) is 0 Å². The second-order valence-electron chi connectivity index (χ2n) is 10.5. The van der Waals surface area contributed by atoms with E-state index in [0.29, 0.717) is 38.3 Å². The molecule has 0 amide bonds. The van der Waals surface area contributed by atoms with Crippen LogP contribution in [0.2, 0.25) is 0 Å². The Morgan fingerprint density at radius 1 is 1.21 bits per heavy atom. The Bertz CT molecular complexity index is 897. The van der Waals surface area contributed by atoms with Gasteiger partial charge in [0.15, 0.2) is 12.1 Å². The van der Waals surface area contributed by atoms with Crippen LogP contribution < -0.4 is 4.72 Å². The molecule has 0 aliphatic carbocycles. The van der Waals surface area contributed by atoms with Crippen molar-refractivity contribution in [2.24, 2.45) is 0 Å². The lowest BCUT2D eigenvalue weighted by Gasteiger charge is -2.41. The van der Waals surface area contributed by atoms with Gasteiger partial charge in [0, 0.05) is 37.2 Å². The number of carbonyl (C=O) groups is 1. The number of nitrogens with one attached hydrogen (secondary N) is 1. The van der Waals surface area contributed by atoms with Crippen molar-refractivity contribution in [2.45, 2.75) is 89.5 Å². The Kier molecular flexibility index (Phi) is 8.37. The third-order valence-electron chi connectivity index (χ3n) is 6.70. The lowest BCUT2D eigenvalue weighted by atomic mass is 9.88. The van der Waals surface area contributed by atoms with Crippen molar-refractivity contribution in [3.8, 4) is 0 Å². The molecule has 1 N–H and O–H groups in total. The largest absolute Gasteiger partial charge is 0.361 e. The summed E-state index contributed by atoms with van der Waals surface area (Å²) in [6, 6.07) is 1.77. The van der Waals surface area contributed by atoms with Crippen molar-refractivity contribution in [2.75, 3.05) is 32.6 Å². The number of hydrogen-bond donors (Lipinski definition) is 1. The molecule has 188 valence electrons. The summed E-state index contributed by atoms with van der Waals surface area (Å²) in [4.78, 5) is 15.3. The summed E-state index contributed by atoms with van der Waals surface area (Å²) in [7, 11) is -3.23. The lowest BCUT2D eigenvalue weighted by molar-refractivity contribution is -0.170. The smallest absolute Gasteiger partial charge is 0.208 e. The highest BCUT2D eigenvalue weighted by atomic mass is 32.2. The standard InChI is InChI=1S/C23H39N3O6S/c1-22(2,16-31-21-8-6-7-13-30-21)19-14-18(32-24-19)15-20(27)23(3,4)26-11-9-17(10-12-26)25-33(5,28)29/h14,17,21,25H,6-13,15-16H2,1-5H3. The Labute approximate surface area is 197 Å². The first-order valence-electron chi connectivity index (χ1n) is 11.8. The maximum absolute atomic E-state index is 13.2. The predicted octanol–water partition coefficient (Wildman–Crippen LogP) is 2.40. The zero-order valence-corrected chi connectivity index (χ0v) is 21.4. The van der Waals surface area contributed by atoms with E-state index in [1.54, 1.807) is 0 Å². The van der Waals surface area contributed by atoms with Gasteiger partial charge in [0.05, 0.1) is 30.5 Å². The van der Waals surface area contributed by atoms with E-state index < -0.39 is 15.6 Å². The minimum atomic E-state index is -3.23. The molecule has 9 nitrogen and oxygen atoms in total. The van der Waals surface area contributed by atoms with Crippen molar-refractivity contribution >= 4 is 15.8 Å². The van der Waals surface area contributed by atoms with E-state index in [-0.39, 0.29) is 30.0 Å². The fourth-order valence-electron chi connectivity index (χ4n) is 4.34. The number of hydrogen-bond acceptors (Lipinski definition) is 8. The van der Waals surface area contributed by atoms with E-state index in [4.69, 9.17) is 14.0 Å². The van der Waals surface area contributed by atoms with Crippen molar-refractivity contribution in [1.29, 1.82) is 0 Å². The molecule has 0 saturated carbocycles. The predicted molar refractivity (Wildman–Crippen MR) is 124 cm³/mol. The first kappa shape index (κ1) is 26.3. The molecule has 33 heavy (non-hydrogen) atoms. The summed E-state index contributed by atoms with van der Waals surface area (Å²) in [5, 5.41) is 4.22. The maximum Gasteiger partial charge on any atom is 0.208 e. The van der Waals surface area contributed by atoms with Gasteiger partial charge in [-0.1, -0.05) is 19.0 Å². The monoisotopic (exact) mass is 485 g/mol. The number of ether oxygens (including phenoxy) is 2. The summed E-state index contributed by atoms with van der Waals surface area (Å²) in [5.41, 5.74) is -0.290. The molecule has 2 aliphatic heterocycles. The number of rotatable bonds is 10. The van der Waals surface area contributed by atoms with Crippen LogP contribution in [0.1, 0.15) is 71.3 Å². The van der Waals surface area contributed by atoms with Crippen LogP contribution in [0.15, 0.2) is 10.6 Å². The quantitative estimate of drug-likeness (QED) is 0.538. The third kappa shape index (κ3) is 7.32. The van der Waals surface area contributed by atoms with Gasteiger partial charge >= 0.3 is 0 Å². The topological polar surface area (TPSA) is 111 Å². The van der Waals surface area contributed by atoms with E-state index >= 15 is 0 Å². The summed E-state index contributed by atoms with van der Waals surface area (Å²) in [5.74, 6) is 0.586. The average molecular weight is 486 g/mol. The minimum Gasteiger partial charge on any atom is -0.361 e. The molecule has 2 fully saturated rings.